The summed E-state index contributed by atoms with van der Waals surface area (Å²) < 4.78 is 0. The second-order valence-electron chi connectivity index (χ2n) is 10.3. The summed E-state index contributed by atoms with van der Waals surface area (Å²) in [7, 11) is 0. The maximum Gasteiger partial charge on any atom is 0.254 e. The van der Waals surface area contributed by atoms with E-state index in [-0.39, 0.29) is 29.8 Å². The highest BCUT2D eigenvalue weighted by molar-refractivity contribution is 7.11. The van der Waals surface area contributed by atoms with E-state index in [0.717, 1.165) is 16.9 Å². The van der Waals surface area contributed by atoms with Crippen LogP contribution in [0.1, 0.15) is 72.3 Å². The molecule has 3 aromatic rings. The molecule has 1 heterocycles. The molecule has 0 bridgehead atoms. The van der Waals surface area contributed by atoms with E-state index >= 15 is 0 Å². The van der Waals surface area contributed by atoms with Crippen LogP contribution in [-0.2, 0) is 23.3 Å². The van der Waals surface area contributed by atoms with Crippen LogP contribution in [0.2, 0.25) is 0 Å². The first-order valence-corrected chi connectivity index (χ1v) is 13.2. The van der Waals surface area contributed by atoms with Gasteiger partial charge in [-0.3, -0.25) is 9.59 Å². The van der Waals surface area contributed by atoms with E-state index in [1.165, 1.54) is 10.4 Å². The van der Waals surface area contributed by atoms with Crippen molar-refractivity contribution in [2.24, 2.45) is 0 Å². The number of rotatable bonds is 9. The first kappa shape index (κ1) is 26.7. The van der Waals surface area contributed by atoms with E-state index < -0.39 is 0 Å². The number of hydrogen-bond acceptors (Lipinski definition) is 3. The Labute approximate surface area is 214 Å². The minimum Gasteiger partial charge on any atom is -0.332 e. The van der Waals surface area contributed by atoms with Crippen molar-refractivity contribution in [1.29, 1.82) is 0 Å². The van der Waals surface area contributed by atoms with Crippen LogP contribution in [0.25, 0.3) is 0 Å². The fraction of sp³-hybridized carbons (Fsp3) is 0.400. The normalized spacial score (nSPS) is 12.3. The summed E-state index contributed by atoms with van der Waals surface area (Å²) in [5, 5.41) is 0. The Morgan fingerprint density at radius 2 is 1.57 bits per heavy atom. The maximum atomic E-state index is 13.6. The summed E-state index contributed by atoms with van der Waals surface area (Å²) in [5.74, 6) is -0.139. The van der Waals surface area contributed by atoms with Crippen LogP contribution in [0.15, 0.2) is 66.7 Å². The van der Waals surface area contributed by atoms with Crippen LogP contribution in [0.4, 0.5) is 0 Å². The number of thiophene rings is 1. The molecule has 0 saturated carbocycles. The van der Waals surface area contributed by atoms with Gasteiger partial charge in [0.15, 0.2) is 0 Å². The standard InChI is InChI=1S/C30H38N2O2S/c1-7-22(2)32(29(34)25-14-16-26(17-15-25)30(4,5)6)21-28(33)31(19-24-11-9-8-10-12-24)20-27-18-13-23(3)35-27/h8-18,22H,7,19-21H2,1-6H3. The third-order valence-electron chi connectivity index (χ3n) is 6.40. The van der Waals surface area contributed by atoms with Crippen molar-refractivity contribution in [3.63, 3.8) is 0 Å². The highest BCUT2D eigenvalue weighted by atomic mass is 32.1. The van der Waals surface area contributed by atoms with Crippen molar-refractivity contribution in [3.8, 4) is 0 Å². The van der Waals surface area contributed by atoms with Crippen molar-refractivity contribution in [1.82, 2.24) is 9.80 Å². The molecule has 0 fully saturated rings. The van der Waals surface area contributed by atoms with Crippen molar-refractivity contribution in [3.05, 3.63) is 93.2 Å². The van der Waals surface area contributed by atoms with Crippen LogP contribution >= 0.6 is 11.3 Å². The monoisotopic (exact) mass is 490 g/mol. The number of benzene rings is 2. The zero-order chi connectivity index (χ0) is 25.6. The molecular weight excluding hydrogens is 452 g/mol. The van der Waals surface area contributed by atoms with E-state index in [4.69, 9.17) is 0 Å². The average Bonchev–Trinajstić information content (AvgIpc) is 3.25. The lowest BCUT2D eigenvalue weighted by molar-refractivity contribution is -0.133. The minimum absolute atomic E-state index is 0.0199. The minimum atomic E-state index is -0.0974. The van der Waals surface area contributed by atoms with Crippen LogP contribution in [0.5, 0.6) is 0 Å². The summed E-state index contributed by atoms with van der Waals surface area (Å²) >= 11 is 1.71. The van der Waals surface area contributed by atoms with Gasteiger partial charge in [0.05, 0.1) is 6.54 Å². The van der Waals surface area contributed by atoms with Crippen LogP contribution in [0, 0.1) is 6.92 Å². The second-order valence-corrected chi connectivity index (χ2v) is 11.6. The van der Waals surface area contributed by atoms with E-state index in [1.54, 1.807) is 16.2 Å². The van der Waals surface area contributed by atoms with Gasteiger partial charge in [-0.25, -0.2) is 0 Å². The lowest BCUT2D eigenvalue weighted by atomic mass is 9.86. The van der Waals surface area contributed by atoms with E-state index in [1.807, 2.05) is 73.3 Å². The Morgan fingerprint density at radius 3 is 2.11 bits per heavy atom. The van der Waals surface area contributed by atoms with Gasteiger partial charge >= 0.3 is 0 Å². The topological polar surface area (TPSA) is 40.6 Å². The summed E-state index contributed by atoms with van der Waals surface area (Å²) in [6, 6.07) is 22.0. The molecule has 1 atom stereocenters. The number of carbonyl (C=O) groups excluding carboxylic acids is 2. The molecule has 4 nitrogen and oxygen atoms in total. The van der Waals surface area contributed by atoms with Crippen molar-refractivity contribution in [2.75, 3.05) is 6.54 Å². The fourth-order valence-corrected chi connectivity index (χ4v) is 4.87. The van der Waals surface area contributed by atoms with E-state index in [2.05, 4.69) is 39.8 Å². The quantitative estimate of drug-likeness (QED) is 0.330. The number of nitrogens with zero attached hydrogens (tertiary/aromatic N) is 2. The third kappa shape index (κ3) is 7.28. The van der Waals surface area contributed by atoms with E-state index in [9.17, 15) is 9.59 Å². The molecule has 0 spiro atoms. The number of carbonyl (C=O) groups is 2. The van der Waals surface area contributed by atoms with Crippen molar-refractivity contribution in [2.45, 2.75) is 72.5 Å². The molecule has 0 aliphatic rings. The predicted octanol–water partition coefficient (Wildman–Crippen LogP) is 6.82. The van der Waals surface area contributed by atoms with Gasteiger partial charge in [0, 0.05) is 27.9 Å². The molecule has 3 rings (SSSR count). The molecule has 0 N–H and O–H groups in total. The zero-order valence-electron chi connectivity index (χ0n) is 21.9. The van der Waals surface area contributed by atoms with Crippen molar-refractivity contribution < 1.29 is 9.59 Å². The summed E-state index contributed by atoms with van der Waals surface area (Å²) in [6.45, 7) is 13.7. The van der Waals surface area contributed by atoms with Crippen LogP contribution < -0.4 is 0 Å². The SMILES string of the molecule is CCC(C)N(CC(=O)N(Cc1ccccc1)Cc1ccc(C)s1)C(=O)c1ccc(C(C)(C)C)cc1. The van der Waals surface area contributed by atoms with Crippen molar-refractivity contribution >= 4 is 23.2 Å². The van der Waals surface area contributed by atoms with Crippen LogP contribution in [-0.4, -0.2) is 34.2 Å². The van der Waals surface area contributed by atoms with Gasteiger partial charge in [0.25, 0.3) is 5.91 Å². The number of aryl methyl sites for hydroxylation is 1. The number of amides is 2. The maximum absolute atomic E-state index is 13.6. The molecule has 2 amide bonds. The molecule has 0 aliphatic heterocycles. The third-order valence-corrected chi connectivity index (χ3v) is 7.38. The summed E-state index contributed by atoms with van der Waals surface area (Å²) in [6.07, 6.45) is 0.780. The Kier molecular flexibility index (Phi) is 8.90. The van der Waals surface area contributed by atoms with Gasteiger partial charge in [0.1, 0.15) is 6.54 Å². The van der Waals surface area contributed by atoms with E-state index in [0.29, 0.717) is 18.7 Å². The Hall–Kier alpha value is -2.92. The molecule has 1 aromatic heterocycles. The zero-order valence-corrected chi connectivity index (χ0v) is 22.7. The largest absolute Gasteiger partial charge is 0.332 e. The van der Waals surface area contributed by atoms with Crippen LogP contribution in [0.3, 0.4) is 0 Å². The molecule has 186 valence electrons. The molecule has 2 aromatic carbocycles. The molecule has 1 unspecified atom stereocenters. The molecule has 0 aliphatic carbocycles. The Balaban J connectivity index is 1.83. The lowest BCUT2D eigenvalue weighted by Gasteiger charge is -2.31. The molecule has 5 heteroatoms. The second kappa shape index (κ2) is 11.7. The highest BCUT2D eigenvalue weighted by Crippen LogP contribution is 2.23. The van der Waals surface area contributed by atoms with Gasteiger partial charge in [-0.05, 0) is 61.1 Å². The van der Waals surface area contributed by atoms with Gasteiger partial charge in [0.2, 0.25) is 5.91 Å². The molecule has 35 heavy (non-hydrogen) atoms. The predicted molar refractivity (Wildman–Crippen MR) is 146 cm³/mol. The average molecular weight is 491 g/mol. The Morgan fingerprint density at radius 1 is 0.914 bits per heavy atom. The smallest absolute Gasteiger partial charge is 0.254 e. The fourth-order valence-electron chi connectivity index (χ4n) is 3.97. The first-order chi connectivity index (χ1) is 16.6. The summed E-state index contributed by atoms with van der Waals surface area (Å²) in [5.41, 5.74) is 2.90. The Bertz CT molecular complexity index is 1110. The van der Waals surface area contributed by atoms with Gasteiger partial charge in [-0.1, -0.05) is 70.2 Å². The summed E-state index contributed by atoms with van der Waals surface area (Å²) in [4.78, 5) is 33.2. The van der Waals surface area contributed by atoms with Gasteiger partial charge < -0.3 is 9.80 Å². The molecule has 0 radical (unpaired) electrons. The van der Waals surface area contributed by atoms with Gasteiger partial charge in [-0.15, -0.1) is 11.3 Å². The molecule has 0 saturated heterocycles. The number of hydrogen-bond donors (Lipinski definition) is 0. The lowest BCUT2D eigenvalue weighted by Crippen LogP contribution is -2.46. The first-order valence-electron chi connectivity index (χ1n) is 12.4. The molecular formula is C30H38N2O2S. The van der Waals surface area contributed by atoms with Gasteiger partial charge in [-0.2, -0.15) is 0 Å². The highest BCUT2D eigenvalue weighted by Gasteiger charge is 2.26.